The van der Waals surface area contributed by atoms with Gasteiger partial charge in [0.1, 0.15) is 0 Å². The minimum absolute atomic E-state index is 0.562. The molecule has 0 saturated heterocycles. The maximum atomic E-state index is 12.9. The lowest BCUT2D eigenvalue weighted by molar-refractivity contribution is 0.509. The van der Waals surface area contributed by atoms with Gasteiger partial charge in [0.15, 0.2) is 11.6 Å². The summed E-state index contributed by atoms with van der Waals surface area (Å²) in [7, 11) is 0. The largest absolute Gasteiger partial charge is 0.381 e. The lowest BCUT2D eigenvalue weighted by Gasteiger charge is -2.07. The molecule has 0 heterocycles. The van der Waals surface area contributed by atoms with Gasteiger partial charge in [-0.2, -0.15) is 0 Å². The molecule has 0 radical (unpaired) electrons. The smallest absolute Gasteiger partial charge is 0.160 e. The van der Waals surface area contributed by atoms with Crippen molar-refractivity contribution in [2.45, 2.75) is 6.54 Å². The molecule has 0 spiro atoms. The van der Waals surface area contributed by atoms with Crippen LogP contribution in [0.5, 0.6) is 0 Å². The third-order valence-corrected chi connectivity index (χ3v) is 2.86. The summed E-state index contributed by atoms with van der Waals surface area (Å²) in [5, 5.41) is 3.03. The lowest BCUT2D eigenvalue weighted by Crippen LogP contribution is -2.00. The molecule has 0 bridgehead atoms. The first-order valence-corrected chi connectivity index (χ1v) is 5.88. The van der Waals surface area contributed by atoms with Gasteiger partial charge in [-0.15, -0.1) is 0 Å². The van der Waals surface area contributed by atoms with Crippen LogP contribution in [-0.2, 0) is 6.54 Å². The van der Waals surface area contributed by atoms with E-state index in [1.54, 1.807) is 0 Å². The van der Waals surface area contributed by atoms with Gasteiger partial charge in [-0.1, -0.05) is 28.1 Å². The molecule has 2 aromatic rings. The highest BCUT2D eigenvalue weighted by atomic mass is 79.9. The molecular formula is C13H10BrF2N. The van der Waals surface area contributed by atoms with Crippen LogP contribution >= 0.6 is 15.9 Å². The van der Waals surface area contributed by atoms with Crippen LogP contribution in [0.1, 0.15) is 5.56 Å². The zero-order valence-electron chi connectivity index (χ0n) is 8.88. The summed E-state index contributed by atoms with van der Waals surface area (Å²) < 4.78 is 26.6. The molecule has 0 aliphatic carbocycles. The first-order valence-electron chi connectivity index (χ1n) is 5.08. The van der Waals surface area contributed by atoms with Crippen molar-refractivity contribution >= 4 is 21.6 Å². The highest BCUT2D eigenvalue weighted by Crippen LogP contribution is 2.15. The summed E-state index contributed by atoms with van der Waals surface area (Å²) in [4.78, 5) is 0. The highest BCUT2D eigenvalue weighted by Gasteiger charge is 2.01. The molecule has 0 aromatic heterocycles. The van der Waals surface area contributed by atoms with Gasteiger partial charge in [0.05, 0.1) is 0 Å². The molecule has 0 amide bonds. The molecule has 0 saturated carbocycles. The van der Waals surface area contributed by atoms with Crippen LogP contribution in [-0.4, -0.2) is 0 Å². The second-order valence-corrected chi connectivity index (χ2v) is 4.52. The molecule has 1 N–H and O–H groups in total. The Morgan fingerprint density at radius 1 is 0.941 bits per heavy atom. The number of rotatable bonds is 3. The van der Waals surface area contributed by atoms with E-state index in [4.69, 9.17) is 0 Å². The molecule has 17 heavy (non-hydrogen) atoms. The van der Waals surface area contributed by atoms with E-state index in [-0.39, 0.29) is 0 Å². The number of anilines is 1. The highest BCUT2D eigenvalue weighted by molar-refractivity contribution is 9.10. The van der Waals surface area contributed by atoms with E-state index in [0.29, 0.717) is 12.2 Å². The summed E-state index contributed by atoms with van der Waals surface area (Å²) in [5.74, 6) is -1.68. The van der Waals surface area contributed by atoms with E-state index < -0.39 is 11.6 Å². The fourth-order valence-electron chi connectivity index (χ4n) is 1.41. The van der Waals surface area contributed by atoms with Gasteiger partial charge in [-0.25, -0.2) is 8.78 Å². The van der Waals surface area contributed by atoms with Crippen molar-refractivity contribution in [1.29, 1.82) is 0 Å². The van der Waals surface area contributed by atoms with E-state index in [9.17, 15) is 8.78 Å². The molecule has 0 unspecified atom stereocenters. The predicted molar refractivity (Wildman–Crippen MR) is 67.8 cm³/mol. The van der Waals surface area contributed by atoms with Crippen molar-refractivity contribution in [3.63, 3.8) is 0 Å². The van der Waals surface area contributed by atoms with Crippen molar-refractivity contribution in [2.24, 2.45) is 0 Å². The topological polar surface area (TPSA) is 12.0 Å². The van der Waals surface area contributed by atoms with Crippen LogP contribution < -0.4 is 5.32 Å². The minimum Gasteiger partial charge on any atom is -0.381 e. The van der Waals surface area contributed by atoms with Gasteiger partial charge in [0.25, 0.3) is 0 Å². The third-order valence-electron chi connectivity index (χ3n) is 2.33. The van der Waals surface area contributed by atoms with Gasteiger partial charge in [-0.3, -0.25) is 0 Å². The Balaban J connectivity index is 2.02. The number of halogens is 3. The van der Waals surface area contributed by atoms with Gasteiger partial charge in [0.2, 0.25) is 0 Å². The number of nitrogens with one attached hydrogen (secondary N) is 1. The molecule has 0 fully saturated rings. The molecular weight excluding hydrogens is 288 g/mol. The molecule has 88 valence electrons. The zero-order chi connectivity index (χ0) is 12.3. The predicted octanol–water partition coefficient (Wildman–Crippen LogP) is 4.34. The van der Waals surface area contributed by atoms with Crippen molar-refractivity contribution < 1.29 is 8.78 Å². The second-order valence-electron chi connectivity index (χ2n) is 3.61. The van der Waals surface area contributed by atoms with E-state index in [1.165, 1.54) is 6.07 Å². The first kappa shape index (κ1) is 12.0. The Kier molecular flexibility index (Phi) is 3.74. The summed E-state index contributed by atoms with van der Waals surface area (Å²) in [5.41, 5.74) is 1.63. The molecule has 2 aromatic carbocycles. The Hall–Kier alpha value is -1.42. The molecule has 2 rings (SSSR count). The second kappa shape index (κ2) is 5.27. The van der Waals surface area contributed by atoms with E-state index in [1.807, 2.05) is 24.3 Å². The summed E-state index contributed by atoms with van der Waals surface area (Å²) >= 11 is 3.35. The number of benzene rings is 2. The van der Waals surface area contributed by atoms with Gasteiger partial charge in [-0.05, 0) is 29.8 Å². The molecule has 0 atom stereocenters. The lowest BCUT2D eigenvalue weighted by atomic mass is 10.2. The standard InChI is InChI=1S/C13H10BrF2N/c14-10-3-1-9(2-4-10)8-17-11-5-6-12(15)13(16)7-11/h1-7,17H,8H2. The van der Waals surface area contributed by atoms with Crippen LogP contribution in [0.3, 0.4) is 0 Å². The third kappa shape index (κ3) is 3.27. The molecule has 1 nitrogen and oxygen atoms in total. The molecule has 4 heteroatoms. The Bertz CT molecular complexity index is 511. The van der Waals surface area contributed by atoms with E-state index in [0.717, 1.165) is 22.2 Å². The molecule has 0 aliphatic heterocycles. The Morgan fingerprint density at radius 3 is 2.29 bits per heavy atom. The quantitative estimate of drug-likeness (QED) is 0.889. The average molecular weight is 298 g/mol. The normalized spacial score (nSPS) is 10.3. The fraction of sp³-hybridized carbons (Fsp3) is 0.0769. The van der Waals surface area contributed by atoms with Gasteiger partial charge in [0, 0.05) is 22.8 Å². The maximum absolute atomic E-state index is 12.9. The number of hydrogen-bond donors (Lipinski definition) is 1. The van der Waals surface area contributed by atoms with Gasteiger partial charge < -0.3 is 5.32 Å². The Labute approximate surface area is 107 Å². The van der Waals surface area contributed by atoms with Crippen molar-refractivity contribution in [3.8, 4) is 0 Å². The summed E-state index contributed by atoms with van der Waals surface area (Å²) in [6.07, 6.45) is 0. The minimum atomic E-state index is -0.842. The van der Waals surface area contributed by atoms with E-state index in [2.05, 4.69) is 21.2 Å². The number of hydrogen-bond acceptors (Lipinski definition) is 1. The zero-order valence-corrected chi connectivity index (χ0v) is 10.5. The van der Waals surface area contributed by atoms with Crippen LogP contribution in [0.15, 0.2) is 46.9 Å². The first-order chi connectivity index (χ1) is 8.15. The van der Waals surface area contributed by atoms with Gasteiger partial charge >= 0.3 is 0 Å². The summed E-state index contributed by atoms with van der Waals surface area (Å²) in [6.45, 7) is 0.568. The van der Waals surface area contributed by atoms with Crippen molar-refractivity contribution in [3.05, 3.63) is 64.1 Å². The SMILES string of the molecule is Fc1ccc(NCc2ccc(Br)cc2)cc1F. The molecule has 0 aliphatic rings. The Morgan fingerprint density at radius 2 is 1.65 bits per heavy atom. The van der Waals surface area contributed by atoms with Crippen LogP contribution in [0.25, 0.3) is 0 Å². The fourth-order valence-corrected chi connectivity index (χ4v) is 1.68. The van der Waals surface area contributed by atoms with Crippen LogP contribution in [0.4, 0.5) is 14.5 Å². The average Bonchev–Trinajstić information content (AvgIpc) is 2.33. The van der Waals surface area contributed by atoms with Crippen LogP contribution in [0.2, 0.25) is 0 Å². The van der Waals surface area contributed by atoms with Crippen molar-refractivity contribution in [2.75, 3.05) is 5.32 Å². The van der Waals surface area contributed by atoms with E-state index >= 15 is 0 Å². The summed E-state index contributed by atoms with van der Waals surface area (Å²) in [6, 6.07) is 11.5. The monoisotopic (exact) mass is 297 g/mol. The van der Waals surface area contributed by atoms with Crippen molar-refractivity contribution in [1.82, 2.24) is 0 Å². The van der Waals surface area contributed by atoms with Crippen LogP contribution in [0, 0.1) is 11.6 Å². The maximum Gasteiger partial charge on any atom is 0.160 e.